The second-order valence-electron chi connectivity index (χ2n) is 6.18. The molecule has 3 aliphatic rings. The molecule has 0 saturated carbocycles. The monoisotopic (exact) mass is 316 g/mol. The Labute approximate surface area is 132 Å². The standard InChI is InChI=1S/C15H16N4O4/c1-7(13(20)18-8-4-16-6-17-5-8)19-14(21)11-9-2-3-10(23-9)12(11)15(19)22/h4-7,9-12H,2-3H2,1H3,(H,18,20). The van der Waals surface area contributed by atoms with E-state index < -0.39 is 23.8 Å². The van der Waals surface area contributed by atoms with Crippen LogP contribution in [0.1, 0.15) is 19.8 Å². The van der Waals surface area contributed by atoms with Crippen molar-refractivity contribution >= 4 is 23.4 Å². The van der Waals surface area contributed by atoms with Crippen molar-refractivity contribution in [2.45, 2.75) is 38.0 Å². The highest BCUT2D eigenvalue weighted by Gasteiger charge is 2.63. The number of carbonyl (C=O) groups excluding carboxylic acids is 3. The number of nitrogens with one attached hydrogen (secondary N) is 1. The van der Waals surface area contributed by atoms with E-state index in [9.17, 15) is 14.4 Å². The fraction of sp³-hybridized carbons (Fsp3) is 0.533. The van der Waals surface area contributed by atoms with Crippen LogP contribution < -0.4 is 5.32 Å². The molecule has 3 fully saturated rings. The van der Waals surface area contributed by atoms with Crippen molar-refractivity contribution in [2.75, 3.05) is 5.32 Å². The minimum Gasteiger partial charge on any atom is -0.373 e. The van der Waals surface area contributed by atoms with Gasteiger partial charge < -0.3 is 10.1 Å². The van der Waals surface area contributed by atoms with Gasteiger partial charge in [0.15, 0.2) is 0 Å². The van der Waals surface area contributed by atoms with Crippen molar-refractivity contribution in [3.8, 4) is 0 Å². The van der Waals surface area contributed by atoms with Crippen LogP contribution in [-0.4, -0.2) is 50.8 Å². The van der Waals surface area contributed by atoms with E-state index >= 15 is 0 Å². The van der Waals surface area contributed by atoms with E-state index in [4.69, 9.17) is 4.74 Å². The molecule has 5 atom stereocenters. The van der Waals surface area contributed by atoms with Crippen LogP contribution in [0.5, 0.6) is 0 Å². The minimum atomic E-state index is -0.875. The molecule has 1 N–H and O–H groups in total. The molecule has 8 heteroatoms. The molecule has 4 rings (SSSR count). The first-order valence-corrected chi connectivity index (χ1v) is 7.66. The summed E-state index contributed by atoms with van der Waals surface area (Å²) in [5, 5.41) is 2.62. The topological polar surface area (TPSA) is 101 Å². The third-order valence-electron chi connectivity index (χ3n) is 4.91. The van der Waals surface area contributed by atoms with E-state index in [0.29, 0.717) is 5.69 Å². The highest BCUT2D eigenvalue weighted by atomic mass is 16.5. The van der Waals surface area contributed by atoms with E-state index in [0.717, 1.165) is 17.7 Å². The maximum absolute atomic E-state index is 12.6. The Morgan fingerprint density at radius 3 is 2.35 bits per heavy atom. The number of aromatic nitrogens is 2. The fourth-order valence-corrected chi connectivity index (χ4v) is 3.84. The lowest BCUT2D eigenvalue weighted by molar-refractivity contribution is -0.148. The van der Waals surface area contributed by atoms with Crippen LogP contribution in [0.25, 0.3) is 0 Å². The highest BCUT2D eigenvalue weighted by Crippen LogP contribution is 2.48. The molecule has 4 heterocycles. The molecule has 0 aliphatic carbocycles. The summed E-state index contributed by atoms with van der Waals surface area (Å²) >= 11 is 0. The quantitative estimate of drug-likeness (QED) is 0.786. The number of anilines is 1. The summed E-state index contributed by atoms with van der Waals surface area (Å²) in [6, 6.07) is -0.875. The second kappa shape index (κ2) is 5.09. The van der Waals surface area contributed by atoms with E-state index in [1.807, 2.05) is 0 Å². The van der Waals surface area contributed by atoms with Gasteiger partial charge in [0.25, 0.3) is 0 Å². The van der Waals surface area contributed by atoms with Crippen molar-refractivity contribution in [2.24, 2.45) is 11.8 Å². The molecule has 23 heavy (non-hydrogen) atoms. The van der Waals surface area contributed by atoms with Gasteiger partial charge in [-0.15, -0.1) is 0 Å². The van der Waals surface area contributed by atoms with Gasteiger partial charge in [0, 0.05) is 0 Å². The molecule has 2 bridgehead atoms. The van der Waals surface area contributed by atoms with Gasteiger partial charge in [0.05, 0.1) is 42.1 Å². The van der Waals surface area contributed by atoms with Crippen molar-refractivity contribution in [3.63, 3.8) is 0 Å². The molecule has 8 nitrogen and oxygen atoms in total. The molecule has 3 amide bonds. The third kappa shape index (κ3) is 2.05. The number of carbonyl (C=O) groups is 3. The molecule has 0 radical (unpaired) electrons. The largest absolute Gasteiger partial charge is 0.373 e. The Morgan fingerprint density at radius 2 is 1.78 bits per heavy atom. The normalized spacial score (nSPS) is 33.0. The number of hydrogen-bond acceptors (Lipinski definition) is 6. The predicted molar refractivity (Wildman–Crippen MR) is 76.9 cm³/mol. The summed E-state index contributed by atoms with van der Waals surface area (Å²) in [7, 11) is 0. The van der Waals surface area contributed by atoms with Gasteiger partial charge in [-0.25, -0.2) is 9.97 Å². The molecule has 1 aromatic rings. The predicted octanol–water partition coefficient (Wildman–Crippen LogP) is -0.0340. The molecule has 3 saturated heterocycles. The number of nitrogens with zero attached hydrogens (tertiary/aromatic N) is 3. The average Bonchev–Trinajstić information content (AvgIpc) is 3.22. The summed E-state index contributed by atoms with van der Waals surface area (Å²) < 4.78 is 5.68. The van der Waals surface area contributed by atoms with Gasteiger partial charge in [-0.2, -0.15) is 0 Å². The van der Waals surface area contributed by atoms with Gasteiger partial charge in [0.1, 0.15) is 12.4 Å². The Hall–Kier alpha value is -2.35. The number of likely N-dealkylation sites (tertiary alicyclic amines) is 1. The van der Waals surface area contributed by atoms with Gasteiger partial charge in [-0.1, -0.05) is 0 Å². The van der Waals surface area contributed by atoms with Crippen molar-refractivity contribution in [1.29, 1.82) is 0 Å². The fourth-order valence-electron chi connectivity index (χ4n) is 3.84. The van der Waals surface area contributed by atoms with E-state index in [-0.39, 0.29) is 24.0 Å². The highest BCUT2D eigenvalue weighted by molar-refractivity contribution is 6.10. The zero-order valence-electron chi connectivity index (χ0n) is 12.5. The summed E-state index contributed by atoms with van der Waals surface area (Å²) in [6.45, 7) is 1.55. The number of ether oxygens (including phenoxy) is 1. The van der Waals surface area contributed by atoms with Crippen LogP contribution in [0.4, 0.5) is 5.69 Å². The summed E-state index contributed by atoms with van der Waals surface area (Å²) in [5.41, 5.74) is 0.423. The van der Waals surface area contributed by atoms with Crippen LogP contribution in [0.2, 0.25) is 0 Å². The van der Waals surface area contributed by atoms with Crippen LogP contribution in [-0.2, 0) is 19.1 Å². The molecule has 0 spiro atoms. The third-order valence-corrected chi connectivity index (χ3v) is 4.91. The lowest BCUT2D eigenvalue weighted by Crippen LogP contribution is -2.47. The first-order valence-electron chi connectivity index (χ1n) is 7.66. The molecular weight excluding hydrogens is 300 g/mol. The smallest absolute Gasteiger partial charge is 0.247 e. The maximum atomic E-state index is 12.6. The zero-order chi connectivity index (χ0) is 16.1. The van der Waals surface area contributed by atoms with Crippen molar-refractivity contribution in [3.05, 3.63) is 18.7 Å². The first-order chi connectivity index (χ1) is 11.1. The van der Waals surface area contributed by atoms with Crippen LogP contribution in [0.3, 0.4) is 0 Å². The van der Waals surface area contributed by atoms with Gasteiger partial charge >= 0.3 is 0 Å². The van der Waals surface area contributed by atoms with Gasteiger partial charge in [0.2, 0.25) is 17.7 Å². The van der Waals surface area contributed by atoms with Crippen molar-refractivity contribution in [1.82, 2.24) is 14.9 Å². The number of hydrogen-bond donors (Lipinski definition) is 1. The maximum Gasteiger partial charge on any atom is 0.247 e. The van der Waals surface area contributed by atoms with Gasteiger partial charge in [-0.05, 0) is 19.8 Å². The van der Waals surface area contributed by atoms with E-state index in [1.54, 1.807) is 6.92 Å². The number of fused-ring (bicyclic) bond motifs is 5. The lowest BCUT2D eigenvalue weighted by Gasteiger charge is -2.23. The molecule has 1 aromatic heterocycles. The lowest BCUT2D eigenvalue weighted by atomic mass is 9.81. The van der Waals surface area contributed by atoms with Crippen LogP contribution in [0.15, 0.2) is 18.7 Å². The Balaban J connectivity index is 1.52. The minimum absolute atomic E-state index is 0.177. The Bertz CT molecular complexity index is 651. The molecule has 3 aliphatic heterocycles. The number of amides is 3. The Kier molecular flexibility index (Phi) is 3.15. The van der Waals surface area contributed by atoms with E-state index in [1.165, 1.54) is 18.7 Å². The first kappa shape index (κ1) is 14.3. The number of rotatable bonds is 3. The summed E-state index contributed by atoms with van der Waals surface area (Å²) in [4.78, 5) is 46.3. The number of imide groups is 1. The second-order valence-corrected chi connectivity index (χ2v) is 6.18. The summed E-state index contributed by atoms with van der Waals surface area (Å²) in [6.07, 6.45) is 5.51. The van der Waals surface area contributed by atoms with Crippen LogP contribution >= 0.6 is 0 Å². The SMILES string of the molecule is CC(C(=O)Nc1cncnc1)N1C(=O)C2C3CCC(O3)C2C1=O. The summed E-state index contributed by atoms with van der Waals surface area (Å²) in [5.74, 6) is -1.86. The molecular formula is C15H16N4O4. The average molecular weight is 316 g/mol. The van der Waals surface area contributed by atoms with Gasteiger partial charge in [-0.3, -0.25) is 19.3 Å². The Morgan fingerprint density at radius 1 is 1.22 bits per heavy atom. The molecule has 120 valence electrons. The molecule has 5 unspecified atom stereocenters. The van der Waals surface area contributed by atoms with Crippen LogP contribution in [0, 0.1) is 11.8 Å². The zero-order valence-corrected chi connectivity index (χ0v) is 12.5. The van der Waals surface area contributed by atoms with E-state index in [2.05, 4.69) is 15.3 Å². The van der Waals surface area contributed by atoms with Crippen molar-refractivity contribution < 1.29 is 19.1 Å². The molecule has 0 aromatic carbocycles.